The molecule has 1 aliphatic rings. The SMILES string of the molecule is COC1(CC(=O)Nc2ccc(C(=O)O)c(Cl)c2)CCC1. The van der Waals surface area contributed by atoms with Crippen LogP contribution < -0.4 is 5.32 Å². The van der Waals surface area contributed by atoms with Crippen LogP contribution in [0, 0.1) is 0 Å². The van der Waals surface area contributed by atoms with Crippen molar-refractivity contribution in [2.24, 2.45) is 0 Å². The van der Waals surface area contributed by atoms with Crippen LogP contribution in [0.4, 0.5) is 5.69 Å². The summed E-state index contributed by atoms with van der Waals surface area (Å²) >= 11 is 5.85. The number of benzene rings is 1. The second-order valence-electron chi connectivity index (χ2n) is 4.97. The molecule has 0 bridgehead atoms. The van der Waals surface area contributed by atoms with Crippen LogP contribution in [0.3, 0.4) is 0 Å². The Morgan fingerprint density at radius 3 is 2.60 bits per heavy atom. The van der Waals surface area contributed by atoms with Crippen molar-refractivity contribution in [1.82, 2.24) is 0 Å². The Labute approximate surface area is 121 Å². The predicted molar refractivity (Wildman–Crippen MR) is 75.2 cm³/mol. The van der Waals surface area contributed by atoms with E-state index in [-0.39, 0.29) is 22.1 Å². The van der Waals surface area contributed by atoms with E-state index in [1.165, 1.54) is 18.2 Å². The fourth-order valence-corrected chi connectivity index (χ4v) is 2.55. The van der Waals surface area contributed by atoms with Crippen molar-refractivity contribution in [2.75, 3.05) is 12.4 Å². The maximum absolute atomic E-state index is 12.0. The molecule has 0 atom stereocenters. The zero-order chi connectivity index (χ0) is 14.8. The van der Waals surface area contributed by atoms with Gasteiger partial charge in [0.1, 0.15) is 0 Å². The van der Waals surface area contributed by atoms with E-state index in [2.05, 4.69) is 5.32 Å². The minimum absolute atomic E-state index is 0.0111. The number of aromatic carboxylic acids is 1. The molecule has 0 aliphatic heterocycles. The number of carboxylic acids is 1. The Balaban J connectivity index is 2.01. The van der Waals surface area contributed by atoms with Gasteiger partial charge in [-0.1, -0.05) is 11.6 Å². The largest absolute Gasteiger partial charge is 0.478 e. The van der Waals surface area contributed by atoms with E-state index in [9.17, 15) is 9.59 Å². The Bertz CT molecular complexity index is 534. The number of amides is 1. The molecule has 1 aromatic rings. The molecule has 2 rings (SSSR count). The monoisotopic (exact) mass is 297 g/mol. The molecule has 1 amide bonds. The molecule has 2 N–H and O–H groups in total. The van der Waals surface area contributed by atoms with Crippen LogP contribution in [-0.4, -0.2) is 29.7 Å². The Hall–Kier alpha value is -1.59. The number of carbonyl (C=O) groups excluding carboxylic acids is 1. The van der Waals surface area contributed by atoms with Gasteiger partial charge in [0, 0.05) is 12.8 Å². The molecule has 20 heavy (non-hydrogen) atoms. The minimum atomic E-state index is -1.10. The smallest absolute Gasteiger partial charge is 0.337 e. The molecule has 0 radical (unpaired) electrons. The van der Waals surface area contributed by atoms with Gasteiger partial charge in [-0.15, -0.1) is 0 Å². The van der Waals surface area contributed by atoms with Crippen molar-refractivity contribution < 1.29 is 19.4 Å². The first kappa shape index (κ1) is 14.8. The van der Waals surface area contributed by atoms with Gasteiger partial charge in [-0.25, -0.2) is 4.79 Å². The van der Waals surface area contributed by atoms with Crippen molar-refractivity contribution in [1.29, 1.82) is 0 Å². The highest BCUT2D eigenvalue weighted by atomic mass is 35.5. The van der Waals surface area contributed by atoms with Crippen molar-refractivity contribution in [3.63, 3.8) is 0 Å². The zero-order valence-electron chi connectivity index (χ0n) is 11.1. The molecule has 1 aliphatic carbocycles. The summed E-state index contributed by atoms with van der Waals surface area (Å²) in [5.41, 5.74) is 0.155. The van der Waals surface area contributed by atoms with Crippen LogP contribution in [0.15, 0.2) is 18.2 Å². The van der Waals surface area contributed by atoms with Crippen LogP contribution in [0.5, 0.6) is 0 Å². The molecule has 0 aromatic heterocycles. The van der Waals surface area contributed by atoms with E-state index in [0.29, 0.717) is 12.1 Å². The van der Waals surface area contributed by atoms with Crippen molar-refractivity contribution >= 4 is 29.2 Å². The van der Waals surface area contributed by atoms with Crippen molar-refractivity contribution in [3.05, 3.63) is 28.8 Å². The summed E-state index contributed by atoms with van der Waals surface area (Å²) in [6.07, 6.45) is 3.13. The standard InChI is InChI=1S/C14H16ClNO4/c1-20-14(5-2-6-14)8-12(17)16-9-3-4-10(13(18)19)11(15)7-9/h3-4,7H,2,5-6,8H2,1H3,(H,16,17)(H,18,19). The predicted octanol–water partition coefficient (Wildman–Crippen LogP) is 2.94. The van der Waals surface area contributed by atoms with E-state index < -0.39 is 5.97 Å². The Morgan fingerprint density at radius 1 is 1.45 bits per heavy atom. The first-order valence-corrected chi connectivity index (χ1v) is 6.71. The van der Waals surface area contributed by atoms with Gasteiger partial charge in [-0.2, -0.15) is 0 Å². The molecule has 0 spiro atoms. The summed E-state index contributed by atoms with van der Waals surface area (Å²) in [4.78, 5) is 22.8. The maximum Gasteiger partial charge on any atom is 0.337 e. The molecular weight excluding hydrogens is 282 g/mol. The highest BCUT2D eigenvalue weighted by molar-refractivity contribution is 6.33. The quantitative estimate of drug-likeness (QED) is 0.876. The van der Waals surface area contributed by atoms with Gasteiger partial charge < -0.3 is 15.2 Å². The summed E-state index contributed by atoms with van der Waals surface area (Å²) in [5, 5.41) is 11.7. The molecule has 0 unspecified atom stereocenters. The number of nitrogens with one attached hydrogen (secondary N) is 1. The number of methoxy groups -OCH3 is 1. The molecule has 5 nitrogen and oxygen atoms in total. The summed E-state index contributed by atoms with van der Waals surface area (Å²) in [7, 11) is 1.62. The van der Waals surface area contributed by atoms with Crippen LogP contribution in [-0.2, 0) is 9.53 Å². The number of carboxylic acid groups (broad SMARTS) is 1. The lowest BCUT2D eigenvalue weighted by molar-refractivity contribution is -0.129. The lowest BCUT2D eigenvalue weighted by atomic mass is 9.77. The van der Waals surface area contributed by atoms with Gasteiger partial charge in [0.25, 0.3) is 0 Å². The second kappa shape index (κ2) is 5.81. The number of ether oxygens (including phenoxy) is 1. The van der Waals surface area contributed by atoms with Crippen LogP contribution in [0.1, 0.15) is 36.0 Å². The third-order valence-electron chi connectivity index (χ3n) is 3.66. The Morgan fingerprint density at radius 2 is 2.15 bits per heavy atom. The van der Waals surface area contributed by atoms with Crippen molar-refractivity contribution in [2.45, 2.75) is 31.3 Å². The van der Waals surface area contributed by atoms with E-state index in [1.54, 1.807) is 7.11 Å². The molecule has 1 saturated carbocycles. The van der Waals surface area contributed by atoms with Crippen LogP contribution >= 0.6 is 11.6 Å². The lowest BCUT2D eigenvalue weighted by Gasteiger charge is -2.39. The van der Waals surface area contributed by atoms with E-state index in [1.807, 2.05) is 0 Å². The molecule has 108 valence electrons. The average Bonchev–Trinajstić information content (AvgIpc) is 2.33. The maximum atomic E-state index is 12.0. The Kier molecular flexibility index (Phi) is 4.30. The number of halogens is 1. The number of carbonyl (C=O) groups is 2. The number of hydrogen-bond acceptors (Lipinski definition) is 3. The third-order valence-corrected chi connectivity index (χ3v) is 3.98. The van der Waals surface area contributed by atoms with Gasteiger partial charge in [0.15, 0.2) is 0 Å². The fourth-order valence-electron chi connectivity index (χ4n) is 2.29. The fraction of sp³-hybridized carbons (Fsp3) is 0.429. The molecule has 0 heterocycles. The minimum Gasteiger partial charge on any atom is -0.478 e. The summed E-state index contributed by atoms with van der Waals surface area (Å²) in [6, 6.07) is 4.33. The van der Waals surface area contributed by atoms with Gasteiger partial charge in [0.2, 0.25) is 5.91 Å². The molecule has 1 fully saturated rings. The topological polar surface area (TPSA) is 75.6 Å². The molecule has 0 saturated heterocycles. The van der Waals surface area contributed by atoms with E-state index in [4.69, 9.17) is 21.4 Å². The molecule has 6 heteroatoms. The molecule has 1 aromatic carbocycles. The van der Waals surface area contributed by atoms with Gasteiger partial charge in [-0.3, -0.25) is 4.79 Å². The second-order valence-corrected chi connectivity index (χ2v) is 5.37. The highest BCUT2D eigenvalue weighted by Crippen LogP contribution is 2.38. The van der Waals surface area contributed by atoms with E-state index in [0.717, 1.165) is 19.3 Å². The summed E-state index contributed by atoms with van der Waals surface area (Å²) in [5.74, 6) is -1.26. The average molecular weight is 298 g/mol. The number of hydrogen-bond donors (Lipinski definition) is 2. The van der Waals surface area contributed by atoms with Crippen LogP contribution in [0.25, 0.3) is 0 Å². The number of rotatable bonds is 5. The molecular formula is C14H16ClNO4. The van der Waals surface area contributed by atoms with E-state index >= 15 is 0 Å². The van der Waals surface area contributed by atoms with Crippen molar-refractivity contribution in [3.8, 4) is 0 Å². The zero-order valence-corrected chi connectivity index (χ0v) is 11.9. The van der Waals surface area contributed by atoms with Crippen LogP contribution in [0.2, 0.25) is 5.02 Å². The lowest BCUT2D eigenvalue weighted by Crippen LogP contribution is -2.42. The number of anilines is 1. The normalized spacial score (nSPS) is 16.3. The first-order valence-electron chi connectivity index (χ1n) is 6.34. The highest BCUT2D eigenvalue weighted by Gasteiger charge is 2.38. The van der Waals surface area contributed by atoms with Gasteiger partial charge in [0.05, 0.1) is 22.6 Å². The summed E-state index contributed by atoms with van der Waals surface area (Å²) in [6.45, 7) is 0. The summed E-state index contributed by atoms with van der Waals surface area (Å²) < 4.78 is 5.39. The van der Waals surface area contributed by atoms with Gasteiger partial charge >= 0.3 is 5.97 Å². The van der Waals surface area contributed by atoms with Gasteiger partial charge in [-0.05, 0) is 37.5 Å². The third kappa shape index (κ3) is 3.11. The first-order chi connectivity index (χ1) is 9.46.